The third kappa shape index (κ3) is 3.74. The quantitative estimate of drug-likeness (QED) is 0.505. The van der Waals surface area contributed by atoms with Crippen LogP contribution in [0.25, 0.3) is 21.6 Å². The van der Waals surface area contributed by atoms with Gasteiger partial charge in [-0.05, 0) is 44.5 Å². The summed E-state index contributed by atoms with van der Waals surface area (Å²) < 4.78 is 1.46. The predicted octanol–water partition coefficient (Wildman–Crippen LogP) is 4.81. The van der Waals surface area contributed by atoms with Crippen molar-refractivity contribution in [2.45, 2.75) is 26.8 Å². The molecule has 0 fully saturated rings. The average Bonchev–Trinajstić information content (AvgIpc) is 3.07. The minimum absolute atomic E-state index is 0.237. The molecule has 4 aromatic rings. The van der Waals surface area contributed by atoms with E-state index in [4.69, 9.17) is 10.2 Å². The summed E-state index contributed by atoms with van der Waals surface area (Å²) >= 11 is 1.48. The van der Waals surface area contributed by atoms with Gasteiger partial charge in [-0.15, -0.1) is 11.3 Å². The van der Waals surface area contributed by atoms with E-state index >= 15 is 0 Å². The molecule has 154 valence electrons. The molecule has 7 heteroatoms. The number of fused-ring (bicyclic) bond motifs is 1. The van der Waals surface area contributed by atoms with Gasteiger partial charge in [0.05, 0.1) is 17.0 Å². The normalized spacial score (nSPS) is 11.8. The lowest BCUT2D eigenvalue weighted by Gasteiger charge is -2.19. The van der Waals surface area contributed by atoms with Crippen molar-refractivity contribution in [3.8, 4) is 17.5 Å². The van der Waals surface area contributed by atoms with E-state index in [2.05, 4.69) is 11.4 Å². The predicted molar refractivity (Wildman–Crippen MR) is 123 cm³/mol. The molecule has 1 N–H and O–H groups in total. The summed E-state index contributed by atoms with van der Waals surface area (Å²) in [6.07, 6.45) is 0. The fraction of sp³-hybridized carbons (Fsp3) is 0.167. The van der Waals surface area contributed by atoms with E-state index in [1.807, 2.05) is 44.2 Å². The molecule has 0 saturated carbocycles. The second-order valence-electron chi connectivity index (χ2n) is 7.30. The van der Waals surface area contributed by atoms with Crippen molar-refractivity contribution in [3.63, 3.8) is 0 Å². The van der Waals surface area contributed by atoms with Gasteiger partial charge in [-0.25, -0.2) is 4.98 Å². The van der Waals surface area contributed by atoms with Crippen LogP contribution in [0, 0.1) is 25.2 Å². The molecule has 6 nitrogen and oxygen atoms in total. The molecule has 31 heavy (non-hydrogen) atoms. The standard InChI is InChI=1S/C24H20N4O2S/c1-14-16(3)31-23-20(14)24(30)28(21(27-23)18-9-5-4-6-10-18)15(2)22(29)26-19-11-7-8-17(12-19)13-25/h4-12,15H,1-3H3,(H,26,29)/t15-/m0/s1. The molecule has 0 radical (unpaired) electrons. The zero-order valence-electron chi connectivity index (χ0n) is 17.3. The van der Waals surface area contributed by atoms with E-state index in [0.29, 0.717) is 27.3 Å². The summed E-state index contributed by atoms with van der Waals surface area (Å²) in [7, 11) is 0. The van der Waals surface area contributed by atoms with Crippen molar-refractivity contribution < 1.29 is 4.79 Å². The summed E-state index contributed by atoms with van der Waals surface area (Å²) in [4.78, 5) is 33.1. The number of nitriles is 1. The van der Waals surface area contributed by atoms with E-state index < -0.39 is 6.04 Å². The van der Waals surface area contributed by atoms with Crippen LogP contribution in [-0.2, 0) is 4.79 Å². The van der Waals surface area contributed by atoms with Crippen molar-refractivity contribution in [3.05, 3.63) is 81.0 Å². The second kappa shape index (κ2) is 8.17. The van der Waals surface area contributed by atoms with Gasteiger partial charge in [-0.1, -0.05) is 36.4 Å². The molecule has 0 bridgehead atoms. The largest absolute Gasteiger partial charge is 0.324 e. The number of amides is 1. The summed E-state index contributed by atoms with van der Waals surface area (Å²) in [6.45, 7) is 5.55. The van der Waals surface area contributed by atoms with Crippen molar-refractivity contribution in [1.29, 1.82) is 5.26 Å². The number of aryl methyl sites for hydroxylation is 2. The monoisotopic (exact) mass is 428 g/mol. The number of nitrogens with zero attached hydrogens (tertiary/aromatic N) is 3. The zero-order chi connectivity index (χ0) is 22.1. The van der Waals surface area contributed by atoms with Crippen molar-refractivity contribution in [2.75, 3.05) is 5.32 Å². The zero-order valence-corrected chi connectivity index (χ0v) is 18.2. The Hall–Kier alpha value is -3.76. The lowest BCUT2D eigenvalue weighted by molar-refractivity contribution is -0.118. The Morgan fingerprint density at radius 2 is 1.90 bits per heavy atom. The summed E-state index contributed by atoms with van der Waals surface area (Å²) in [6, 6.07) is 17.3. The minimum atomic E-state index is -0.815. The molecule has 2 heterocycles. The highest BCUT2D eigenvalue weighted by atomic mass is 32.1. The molecule has 0 unspecified atom stereocenters. The van der Waals surface area contributed by atoms with E-state index in [9.17, 15) is 9.59 Å². The lowest BCUT2D eigenvalue weighted by Crippen LogP contribution is -2.33. The first-order chi connectivity index (χ1) is 14.9. The first kappa shape index (κ1) is 20.5. The van der Waals surface area contributed by atoms with E-state index in [1.54, 1.807) is 31.2 Å². The Labute approximate surface area is 183 Å². The van der Waals surface area contributed by atoms with Gasteiger partial charge in [0.15, 0.2) is 0 Å². The van der Waals surface area contributed by atoms with Gasteiger partial charge in [0.25, 0.3) is 5.56 Å². The van der Waals surface area contributed by atoms with Gasteiger partial charge < -0.3 is 5.32 Å². The number of hydrogen-bond acceptors (Lipinski definition) is 5. The van der Waals surface area contributed by atoms with Gasteiger partial charge in [0.1, 0.15) is 16.7 Å². The smallest absolute Gasteiger partial charge is 0.263 e. The molecule has 0 aliphatic rings. The number of anilines is 1. The Bertz CT molecular complexity index is 1400. The van der Waals surface area contributed by atoms with Gasteiger partial charge in [0, 0.05) is 16.1 Å². The molecule has 2 aromatic heterocycles. The van der Waals surface area contributed by atoms with Crippen LogP contribution in [-0.4, -0.2) is 15.5 Å². The molecule has 1 atom stereocenters. The SMILES string of the molecule is Cc1sc2nc(-c3ccccc3)n([C@@H](C)C(=O)Nc3cccc(C#N)c3)c(=O)c2c1C. The van der Waals surface area contributed by atoms with Gasteiger partial charge in [-0.3, -0.25) is 14.2 Å². The highest BCUT2D eigenvalue weighted by molar-refractivity contribution is 7.18. The van der Waals surface area contributed by atoms with Crippen LogP contribution >= 0.6 is 11.3 Å². The fourth-order valence-electron chi connectivity index (χ4n) is 3.49. The van der Waals surface area contributed by atoms with Gasteiger partial charge in [-0.2, -0.15) is 5.26 Å². The maximum atomic E-state index is 13.6. The van der Waals surface area contributed by atoms with E-state index in [-0.39, 0.29) is 11.5 Å². The maximum Gasteiger partial charge on any atom is 0.263 e. The molecule has 4 rings (SSSR count). The second-order valence-corrected chi connectivity index (χ2v) is 8.50. The van der Waals surface area contributed by atoms with Crippen LogP contribution in [0.5, 0.6) is 0 Å². The summed E-state index contributed by atoms with van der Waals surface area (Å²) in [5.74, 6) is 0.0906. The van der Waals surface area contributed by atoms with Crippen LogP contribution in [0.3, 0.4) is 0 Å². The van der Waals surface area contributed by atoms with Crippen molar-refractivity contribution in [1.82, 2.24) is 9.55 Å². The number of carbonyl (C=O) groups excluding carboxylic acids is 1. The lowest BCUT2D eigenvalue weighted by atomic mass is 10.1. The molecule has 0 saturated heterocycles. The van der Waals surface area contributed by atoms with Gasteiger partial charge in [0.2, 0.25) is 5.91 Å². The van der Waals surface area contributed by atoms with Crippen LogP contribution in [0.2, 0.25) is 0 Å². The number of hydrogen-bond donors (Lipinski definition) is 1. The highest BCUT2D eigenvalue weighted by Crippen LogP contribution is 2.30. The molecule has 0 aliphatic carbocycles. The number of rotatable bonds is 4. The molecule has 0 spiro atoms. The number of aromatic nitrogens is 2. The Morgan fingerprint density at radius 1 is 1.16 bits per heavy atom. The van der Waals surface area contributed by atoms with Crippen molar-refractivity contribution in [2.24, 2.45) is 0 Å². The molecular weight excluding hydrogens is 408 g/mol. The number of thiophene rings is 1. The Balaban J connectivity index is 1.85. The third-order valence-electron chi connectivity index (χ3n) is 5.29. The van der Waals surface area contributed by atoms with Crippen LogP contribution in [0.1, 0.15) is 29.0 Å². The summed E-state index contributed by atoms with van der Waals surface area (Å²) in [5.41, 5.74) is 2.36. The number of nitrogens with one attached hydrogen (secondary N) is 1. The Morgan fingerprint density at radius 3 is 2.61 bits per heavy atom. The molecular formula is C24H20N4O2S. The highest BCUT2D eigenvalue weighted by Gasteiger charge is 2.24. The van der Waals surface area contributed by atoms with Crippen LogP contribution in [0.4, 0.5) is 5.69 Å². The molecule has 0 aliphatic heterocycles. The van der Waals surface area contributed by atoms with Crippen molar-refractivity contribution >= 4 is 33.1 Å². The topological polar surface area (TPSA) is 87.8 Å². The van der Waals surface area contributed by atoms with Gasteiger partial charge >= 0.3 is 0 Å². The van der Waals surface area contributed by atoms with Crippen LogP contribution in [0.15, 0.2) is 59.4 Å². The first-order valence-electron chi connectivity index (χ1n) is 9.79. The van der Waals surface area contributed by atoms with E-state index in [1.165, 1.54) is 15.9 Å². The van der Waals surface area contributed by atoms with E-state index in [0.717, 1.165) is 16.0 Å². The fourth-order valence-corrected chi connectivity index (χ4v) is 4.51. The third-order valence-corrected chi connectivity index (χ3v) is 6.39. The van der Waals surface area contributed by atoms with Crippen LogP contribution < -0.4 is 10.9 Å². The first-order valence-corrected chi connectivity index (χ1v) is 10.6. The molecule has 1 amide bonds. The molecule has 2 aromatic carbocycles. The maximum absolute atomic E-state index is 13.6. The summed E-state index contributed by atoms with van der Waals surface area (Å²) in [5, 5.41) is 12.5. The minimum Gasteiger partial charge on any atom is -0.324 e. The number of carbonyl (C=O) groups is 1. The average molecular weight is 429 g/mol. The Kier molecular flexibility index (Phi) is 5.40. The number of benzene rings is 2.